The number of rotatable bonds is 3. The molecule has 2 amide bonds. The lowest BCUT2D eigenvalue weighted by atomic mass is 10.0. The van der Waals surface area contributed by atoms with Gasteiger partial charge in [0.05, 0.1) is 20.1 Å². The summed E-state index contributed by atoms with van der Waals surface area (Å²) in [6, 6.07) is 9.61. The monoisotopic (exact) mass is 444 g/mol. The molecule has 0 saturated carbocycles. The highest BCUT2D eigenvalue weighted by Crippen LogP contribution is 2.25. The molecule has 0 atom stereocenters. The Balaban J connectivity index is 1.56. The molecule has 1 saturated heterocycles. The quantitative estimate of drug-likeness (QED) is 0.693. The smallest absolute Gasteiger partial charge is 0.253 e. The first-order valence-electron chi connectivity index (χ1n) is 8.35. The largest absolute Gasteiger partial charge is 0.349 e. The standard InChI is InChI=1S/C19H16Cl4N2O2/c20-14-3-1-11(9-16(14)22)18(26)24-13-5-7-25(8-6-13)19(27)12-2-4-15(21)17(23)10-12/h1-4,9-10,13H,5-8H2,(H,24,26). The Labute approximate surface area is 177 Å². The van der Waals surface area contributed by atoms with Crippen LogP contribution in [0.25, 0.3) is 0 Å². The molecule has 3 rings (SSSR count). The van der Waals surface area contributed by atoms with Crippen LogP contribution in [0.2, 0.25) is 20.1 Å². The highest BCUT2D eigenvalue weighted by molar-refractivity contribution is 6.42. The van der Waals surface area contributed by atoms with Crippen LogP contribution in [0, 0.1) is 0 Å². The van der Waals surface area contributed by atoms with Crippen molar-refractivity contribution in [3.8, 4) is 0 Å². The molecule has 8 heteroatoms. The average molecular weight is 446 g/mol. The van der Waals surface area contributed by atoms with Crippen LogP contribution in [-0.4, -0.2) is 35.8 Å². The number of benzene rings is 2. The lowest BCUT2D eigenvalue weighted by molar-refractivity contribution is 0.0698. The van der Waals surface area contributed by atoms with Crippen molar-refractivity contribution in [3.05, 3.63) is 67.6 Å². The van der Waals surface area contributed by atoms with Gasteiger partial charge in [-0.3, -0.25) is 9.59 Å². The maximum Gasteiger partial charge on any atom is 0.253 e. The van der Waals surface area contributed by atoms with Crippen molar-refractivity contribution in [2.75, 3.05) is 13.1 Å². The predicted molar refractivity (Wildman–Crippen MR) is 109 cm³/mol. The van der Waals surface area contributed by atoms with E-state index >= 15 is 0 Å². The van der Waals surface area contributed by atoms with Crippen LogP contribution in [-0.2, 0) is 0 Å². The van der Waals surface area contributed by atoms with E-state index in [9.17, 15) is 9.59 Å². The molecule has 1 aliphatic heterocycles. The van der Waals surface area contributed by atoms with E-state index in [4.69, 9.17) is 46.4 Å². The Hall–Kier alpha value is -1.46. The van der Waals surface area contributed by atoms with Crippen LogP contribution in [0.1, 0.15) is 33.6 Å². The second-order valence-electron chi connectivity index (χ2n) is 6.30. The predicted octanol–water partition coefficient (Wildman–Crippen LogP) is 5.33. The Morgan fingerprint density at radius 1 is 0.815 bits per heavy atom. The zero-order valence-electron chi connectivity index (χ0n) is 14.1. The second-order valence-corrected chi connectivity index (χ2v) is 7.93. The Kier molecular flexibility index (Phi) is 6.53. The summed E-state index contributed by atoms with van der Waals surface area (Å²) in [5.74, 6) is -0.300. The Bertz CT molecular complexity index is 880. The normalized spacial score (nSPS) is 14.9. The molecule has 27 heavy (non-hydrogen) atoms. The number of hydrogen-bond acceptors (Lipinski definition) is 2. The molecular formula is C19H16Cl4N2O2. The van der Waals surface area contributed by atoms with Gasteiger partial charge in [-0.25, -0.2) is 0 Å². The van der Waals surface area contributed by atoms with Gasteiger partial charge >= 0.3 is 0 Å². The van der Waals surface area contributed by atoms with Crippen LogP contribution < -0.4 is 5.32 Å². The highest BCUT2D eigenvalue weighted by atomic mass is 35.5. The number of nitrogens with one attached hydrogen (secondary N) is 1. The number of carbonyl (C=O) groups is 2. The van der Waals surface area contributed by atoms with Crippen molar-refractivity contribution in [3.63, 3.8) is 0 Å². The molecule has 1 aliphatic rings. The number of amides is 2. The molecule has 2 aromatic carbocycles. The van der Waals surface area contributed by atoms with E-state index in [1.54, 1.807) is 41.3 Å². The first kappa shape index (κ1) is 20.3. The molecule has 0 aliphatic carbocycles. The third kappa shape index (κ3) is 4.88. The van der Waals surface area contributed by atoms with Crippen LogP contribution >= 0.6 is 46.4 Å². The van der Waals surface area contributed by atoms with E-state index in [2.05, 4.69) is 5.32 Å². The van der Waals surface area contributed by atoms with E-state index in [-0.39, 0.29) is 17.9 Å². The Morgan fingerprint density at radius 2 is 1.33 bits per heavy atom. The van der Waals surface area contributed by atoms with Gasteiger partial charge in [0.15, 0.2) is 0 Å². The van der Waals surface area contributed by atoms with Gasteiger partial charge in [0.25, 0.3) is 11.8 Å². The minimum Gasteiger partial charge on any atom is -0.349 e. The molecule has 1 N–H and O–H groups in total. The third-order valence-electron chi connectivity index (χ3n) is 4.47. The fourth-order valence-corrected chi connectivity index (χ4v) is 3.54. The first-order chi connectivity index (χ1) is 12.8. The van der Waals surface area contributed by atoms with Gasteiger partial charge in [-0.1, -0.05) is 46.4 Å². The van der Waals surface area contributed by atoms with Crippen molar-refractivity contribution in [1.29, 1.82) is 0 Å². The SMILES string of the molecule is O=C(NC1CCN(C(=O)c2ccc(Cl)c(Cl)c2)CC1)c1ccc(Cl)c(Cl)c1. The number of likely N-dealkylation sites (tertiary alicyclic amines) is 1. The van der Waals surface area contributed by atoms with Crippen LogP contribution in [0.4, 0.5) is 0 Å². The minimum atomic E-state index is -0.206. The molecule has 142 valence electrons. The topological polar surface area (TPSA) is 49.4 Å². The van der Waals surface area contributed by atoms with Gasteiger partial charge < -0.3 is 10.2 Å². The molecule has 0 radical (unpaired) electrons. The first-order valence-corrected chi connectivity index (χ1v) is 9.86. The average Bonchev–Trinajstić information content (AvgIpc) is 2.66. The minimum absolute atomic E-state index is 0.00944. The fourth-order valence-electron chi connectivity index (χ4n) is 2.94. The lowest BCUT2D eigenvalue weighted by Crippen LogP contribution is -2.46. The number of nitrogens with zero attached hydrogens (tertiary/aromatic N) is 1. The summed E-state index contributed by atoms with van der Waals surface area (Å²) in [6.07, 6.45) is 1.33. The van der Waals surface area contributed by atoms with Crippen LogP contribution in [0.15, 0.2) is 36.4 Å². The molecule has 0 unspecified atom stereocenters. The van der Waals surface area contributed by atoms with E-state index in [1.165, 1.54) is 0 Å². The molecule has 0 bridgehead atoms. The van der Waals surface area contributed by atoms with Crippen molar-refractivity contribution in [1.82, 2.24) is 10.2 Å². The van der Waals surface area contributed by atoms with Crippen LogP contribution in [0.3, 0.4) is 0 Å². The van der Waals surface area contributed by atoms with Crippen molar-refractivity contribution in [2.45, 2.75) is 18.9 Å². The summed E-state index contributed by atoms with van der Waals surface area (Å²) >= 11 is 23.7. The fraction of sp³-hybridized carbons (Fsp3) is 0.263. The summed E-state index contributed by atoms with van der Waals surface area (Å²) in [6.45, 7) is 1.09. The molecule has 1 fully saturated rings. The van der Waals surface area contributed by atoms with Gasteiger partial charge in [0.1, 0.15) is 0 Å². The molecule has 1 heterocycles. The van der Waals surface area contributed by atoms with Crippen LogP contribution in [0.5, 0.6) is 0 Å². The van der Waals surface area contributed by atoms with Gasteiger partial charge in [-0.05, 0) is 49.2 Å². The summed E-state index contributed by atoms with van der Waals surface area (Å²) in [5, 5.41) is 4.49. The highest BCUT2D eigenvalue weighted by Gasteiger charge is 2.25. The maximum atomic E-state index is 12.6. The molecule has 4 nitrogen and oxygen atoms in total. The van der Waals surface area contributed by atoms with E-state index < -0.39 is 0 Å². The Morgan fingerprint density at radius 3 is 1.89 bits per heavy atom. The van der Waals surface area contributed by atoms with E-state index in [0.717, 1.165) is 0 Å². The number of carbonyl (C=O) groups excluding carboxylic acids is 2. The summed E-state index contributed by atoms with van der Waals surface area (Å²) in [7, 11) is 0. The summed E-state index contributed by atoms with van der Waals surface area (Å²) in [4.78, 5) is 26.7. The zero-order chi connectivity index (χ0) is 19.6. The maximum absolute atomic E-state index is 12.6. The van der Waals surface area contributed by atoms with Gasteiger partial charge in [0.2, 0.25) is 0 Å². The second kappa shape index (κ2) is 8.70. The van der Waals surface area contributed by atoms with Crippen molar-refractivity contribution >= 4 is 58.2 Å². The molecule has 0 spiro atoms. The summed E-state index contributed by atoms with van der Waals surface area (Å²) < 4.78 is 0. The van der Waals surface area contributed by atoms with Crippen molar-refractivity contribution in [2.24, 2.45) is 0 Å². The van der Waals surface area contributed by atoms with E-state index in [1.807, 2.05) is 0 Å². The number of piperidine rings is 1. The van der Waals surface area contributed by atoms with Gasteiger partial charge in [0, 0.05) is 30.3 Å². The number of halogens is 4. The molecule has 2 aromatic rings. The molecule has 0 aromatic heterocycles. The summed E-state index contributed by atoms with van der Waals surface area (Å²) in [5.41, 5.74) is 0.960. The van der Waals surface area contributed by atoms with Crippen molar-refractivity contribution < 1.29 is 9.59 Å². The third-order valence-corrected chi connectivity index (χ3v) is 5.94. The number of hydrogen-bond donors (Lipinski definition) is 1. The van der Waals surface area contributed by atoms with Gasteiger partial charge in [-0.15, -0.1) is 0 Å². The zero-order valence-corrected chi connectivity index (χ0v) is 17.2. The van der Waals surface area contributed by atoms with E-state index in [0.29, 0.717) is 57.1 Å². The van der Waals surface area contributed by atoms with Gasteiger partial charge in [-0.2, -0.15) is 0 Å². The molecular weight excluding hydrogens is 430 g/mol. The lowest BCUT2D eigenvalue weighted by Gasteiger charge is -2.32.